The Hall–Kier alpha value is -2.18. The monoisotopic (exact) mass is 410 g/mol. The summed E-state index contributed by atoms with van der Waals surface area (Å²) in [5, 5.41) is 8.82. The van der Waals surface area contributed by atoms with Crippen molar-refractivity contribution in [2.75, 3.05) is 50.9 Å². The zero-order chi connectivity index (χ0) is 20.8. The smallest absolute Gasteiger partial charge is 0.151 e. The zero-order valence-electron chi connectivity index (χ0n) is 18.3. The van der Waals surface area contributed by atoms with Crippen LogP contribution in [0.4, 0.5) is 5.82 Å². The van der Waals surface area contributed by atoms with Crippen LogP contribution >= 0.6 is 0 Å². The first-order chi connectivity index (χ1) is 14.7. The van der Waals surface area contributed by atoms with Crippen molar-refractivity contribution in [3.05, 3.63) is 36.4 Å². The van der Waals surface area contributed by atoms with Gasteiger partial charge in [0.15, 0.2) is 5.82 Å². The van der Waals surface area contributed by atoms with Gasteiger partial charge in [-0.05, 0) is 68.1 Å². The van der Waals surface area contributed by atoms with Gasteiger partial charge in [0.1, 0.15) is 5.75 Å². The van der Waals surface area contributed by atoms with E-state index in [2.05, 4.69) is 46.0 Å². The summed E-state index contributed by atoms with van der Waals surface area (Å²) in [4.78, 5) is 4.85. The van der Waals surface area contributed by atoms with Gasteiger partial charge in [0, 0.05) is 31.2 Å². The number of rotatable bonds is 8. The van der Waals surface area contributed by atoms with E-state index in [9.17, 15) is 0 Å². The topological polar surface area (TPSA) is 50.7 Å². The normalized spacial score (nSPS) is 20.1. The fourth-order valence-corrected chi connectivity index (χ4v) is 4.50. The van der Waals surface area contributed by atoms with Crippen molar-refractivity contribution in [1.82, 2.24) is 15.1 Å². The number of benzene rings is 1. The van der Waals surface area contributed by atoms with Crippen molar-refractivity contribution in [2.24, 2.45) is 5.92 Å². The third-order valence-electron chi connectivity index (χ3n) is 6.18. The third-order valence-corrected chi connectivity index (χ3v) is 6.18. The number of aromatic nitrogens is 2. The van der Waals surface area contributed by atoms with E-state index < -0.39 is 0 Å². The Balaban J connectivity index is 1.25. The van der Waals surface area contributed by atoms with E-state index in [-0.39, 0.29) is 0 Å². The molecule has 0 saturated carbocycles. The second-order valence-corrected chi connectivity index (χ2v) is 8.59. The maximum atomic E-state index is 5.97. The largest absolute Gasteiger partial charge is 0.494 e. The molecule has 2 aliphatic heterocycles. The SMILES string of the molecule is CC(C)[C@@H]1CCCN1CCCOc1ccc(-c2ccc(N3CCOCC3)nn2)cc1. The van der Waals surface area contributed by atoms with Crippen molar-refractivity contribution in [3.63, 3.8) is 0 Å². The van der Waals surface area contributed by atoms with Gasteiger partial charge in [-0.2, -0.15) is 0 Å². The molecule has 0 bridgehead atoms. The lowest BCUT2D eigenvalue weighted by Crippen LogP contribution is -2.36. The first-order valence-electron chi connectivity index (χ1n) is 11.3. The second kappa shape index (κ2) is 10.2. The molecule has 0 spiro atoms. The maximum absolute atomic E-state index is 5.97. The minimum atomic E-state index is 0.743. The van der Waals surface area contributed by atoms with Crippen LogP contribution in [0.5, 0.6) is 5.75 Å². The lowest BCUT2D eigenvalue weighted by Gasteiger charge is -2.27. The minimum absolute atomic E-state index is 0.743. The average Bonchev–Trinajstić information content (AvgIpc) is 3.27. The molecule has 2 saturated heterocycles. The van der Waals surface area contributed by atoms with Gasteiger partial charge in [0.25, 0.3) is 0 Å². The zero-order valence-corrected chi connectivity index (χ0v) is 18.3. The highest BCUT2D eigenvalue weighted by Gasteiger charge is 2.26. The van der Waals surface area contributed by atoms with Crippen molar-refractivity contribution >= 4 is 5.82 Å². The van der Waals surface area contributed by atoms with Gasteiger partial charge in [-0.15, -0.1) is 10.2 Å². The average molecular weight is 411 g/mol. The van der Waals surface area contributed by atoms with E-state index in [0.717, 1.165) is 80.7 Å². The lowest BCUT2D eigenvalue weighted by atomic mass is 10.0. The molecular formula is C24H34N4O2. The van der Waals surface area contributed by atoms with E-state index in [0.29, 0.717) is 0 Å². The molecule has 4 rings (SSSR count). The number of likely N-dealkylation sites (tertiary alicyclic amines) is 1. The second-order valence-electron chi connectivity index (χ2n) is 8.59. The Morgan fingerprint density at radius 1 is 1.03 bits per heavy atom. The first kappa shape index (κ1) is 21.1. The van der Waals surface area contributed by atoms with Gasteiger partial charge in [0.2, 0.25) is 0 Å². The molecular weight excluding hydrogens is 376 g/mol. The molecule has 2 aliphatic rings. The fraction of sp³-hybridized carbons (Fsp3) is 0.583. The van der Waals surface area contributed by atoms with Gasteiger partial charge in [-0.3, -0.25) is 0 Å². The molecule has 2 fully saturated rings. The molecule has 1 aromatic carbocycles. The Bertz CT molecular complexity index is 773. The first-order valence-corrected chi connectivity index (χ1v) is 11.3. The number of nitrogens with zero attached hydrogens (tertiary/aromatic N) is 4. The molecule has 0 radical (unpaired) electrons. The summed E-state index contributed by atoms with van der Waals surface area (Å²) in [5.74, 6) is 2.57. The van der Waals surface area contributed by atoms with Crippen LogP contribution in [0.15, 0.2) is 36.4 Å². The van der Waals surface area contributed by atoms with Crippen LogP contribution in [0.1, 0.15) is 33.1 Å². The molecule has 3 heterocycles. The van der Waals surface area contributed by atoms with Crippen LogP contribution in [0.3, 0.4) is 0 Å². The van der Waals surface area contributed by atoms with Gasteiger partial charge >= 0.3 is 0 Å². The van der Waals surface area contributed by atoms with Crippen molar-refractivity contribution in [3.8, 4) is 17.0 Å². The number of ether oxygens (including phenoxy) is 2. The van der Waals surface area contributed by atoms with Crippen LogP contribution < -0.4 is 9.64 Å². The molecule has 30 heavy (non-hydrogen) atoms. The van der Waals surface area contributed by atoms with Gasteiger partial charge in [0.05, 0.1) is 25.5 Å². The molecule has 0 N–H and O–H groups in total. The quantitative estimate of drug-likeness (QED) is 0.616. The predicted molar refractivity (Wildman–Crippen MR) is 120 cm³/mol. The third kappa shape index (κ3) is 5.29. The highest BCUT2D eigenvalue weighted by atomic mass is 16.5. The van der Waals surface area contributed by atoms with Gasteiger partial charge in [-0.1, -0.05) is 13.8 Å². The van der Waals surface area contributed by atoms with Gasteiger partial charge < -0.3 is 19.3 Å². The molecule has 1 aromatic heterocycles. The summed E-state index contributed by atoms with van der Waals surface area (Å²) in [6.45, 7) is 11.0. The van der Waals surface area contributed by atoms with Crippen molar-refractivity contribution in [2.45, 2.75) is 39.2 Å². The Morgan fingerprint density at radius 3 is 2.53 bits per heavy atom. The molecule has 0 aliphatic carbocycles. The minimum Gasteiger partial charge on any atom is -0.494 e. The standard InChI is InChI=1S/C24H34N4O2/c1-19(2)23-5-3-12-27(23)13-4-16-30-21-8-6-20(7-9-21)22-10-11-24(26-25-22)28-14-17-29-18-15-28/h6-11,19,23H,3-5,12-18H2,1-2H3/t23-/m0/s1. The summed E-state index contributed by atoms with van der Waals surface area (Å²) in [6, 6.07) is 13.0. The number of hydrogen-bond donors (Lipinski definition) is 0. The predicted octanol–water partition coefficient (Wildman–Crippen LogP) is 3.87. The highest BCUT2D eigenvalue weighted by Crippen LogP contribution is 2.24. The summed E-state index contributed by atoms with van der Waals surface area (Å²) in [6.07, 6.45) is 3.75. The van der Waals surface area contributed by atoms with Crippen molar-refractivity contribution < 1.29 is 9.47 Å². The molecule has 162 valence electrons. The van der Waals surface area contributed by atoms with E-state index >= 15 is 0 Å². The Morgan fingerprint density at radius 2 is 1.83 bits per heavy atom. The van der Waals surface area contributed by atoms with E-state index in [1.165, 1.54) is 19.4 Å². The number of hydrogen-bond acceptors (Lipinski definition) is 6. The summed E-state index contributed by atoms with van der Waals surface area (Å²) >= 11 is 0. The summed E-state index contributed by atoms with van der Waals surface area (Å²) in [5.41, 5.74) is 1.94. The number of morpholine rings is 1. The summed E-state index contributed by atoms with van der Waals surface area (Å²) < 4.78 is 11.4. The lowest BCUT2D eigenvalue weighted by molar-refractivity contribution is 0.122. The fourth-order valence-electron chi connectivity index (χ4n) is 4.50. The molecule has 1 atom stereocenters. The number of anilines is 1. The van der Waals surface area contributed by atoms with Crippen LogP contribution in [0.25, 0.3) is 11.3 Å². The Kier molecular flexibility index (Phi) is 7.18. The van der Waals surface area contributed by atoms with Crippen LogP contribution in [-0.4, -0.2) is 67.1 Å². The van der Waals surface area contributed by atoms with Crippen LogP contribution in [0.2, 0.25) is 0 Å². The van der Waals surface area contributed by atoms with Crippen LogP contribution in [-0.2, 0) is 4.74 Å². The molecule has 6 heteroatoms. The van der Waals surface area contributed by atoms with Crippen LogP contribution in [0, 0.1) is 5.92 Å². The molecule has 2 aromatic rings. The maximum Gasteiger partial charge on any atom is 0.151 e. The van der Waals surface area contributed by atoms with E-state index in [1.807, 2.05) is 24.3 Å². The van der Waals surface area contributed by atoms with E-state index in [4.69, 9.17) is 9.47 Å². The molecule has 0 unspecified atom stereocenters. The van der Waals surface area contributed by atoms with E-state index in [1.54, 1.807) is 0 Å². The Labute approximate surface area is 180 Å². The van der Waals surface area contributed by atoms with Gasteiger partial charge in [-0.25, -0.2) is 0 Å². The molecule has 0 amide bonds. The van der Waals surface area contributed by atoms with Crippen molar-refractivity contribution in [1.29, 1.82) is 0 Å². The summed E-state index contributed by atoms with van der Waals surface area (Å²) in [7, 11) is 0. The highest BCUT2D eigenvalue weighted by molar-refractivity contribution is 5.60. The molecule has 6 nitrogen and oxygen atoms in total.